The van der Waals surface area contributed by atoms with E-state index in [-0.39, 0.29) is 0 Å². The summed E-state index contributed by atoms with van der Waals surface area (Å²) in [5.41, 5.74) is 1.32. The number of carbonyl (C=O) groups excluding carboxylic acids is 1. The molecule has 2 rings (SSSR count). The molecule has 0 aliphatic carbocycles. The number of hydrogen-bond donors (Lipinski definition) is 2. The Labute approximate surface area is 120 Å². The van der Waals surface area contributed by atoms with Gasteiger partial charge in [-0.3, -0.25) is 4.79 Å². The summed E-state index contributed by atoms with van der Waals surface area (Å²) in [4.78, 5) is 16.1. The Morgan fingerprint density at radius 1 is 1.53 bits per heavy atom. The molecule has 1 amide bonds. The summed E-state index contributed by atoms with van der Waals surface area (Å²) in [5.74, 6) is -0.485. The van der Waals surface area contributed by atoms with Gasteiger partial charge in [-0.25, -0.2) is 4.98 Å². The summed E-state index contributed by atoms with van der Waals surface area (Å²) in [6, 6.07) is 6.73. The summed E-state index contributed by atoms with van der Waals surface area (Å²) in [6.45, 7) is 2.19. The fourth-order valence-corrected chi connectivity index (χ4v) is 2.53. The van der Waals surface area contributed by atoms with Crippen molar-refractivity contribution >= 4 is 28.8 Å². The van der Waals surface area contributed by atoms with Crippen LogP contribution in [0.2, 0.25) is 5.02 Å². The average molecular weight is 297 g/mol. The van der Waals surface area contributed by atoms with Crippen LogP contribution in [0.5, 0.6) is 0 Å². The Balaban J connectivity index is 1.98. The van der Waals surface area contributed by atoms with Crippen LogP contribution in [0.3, 0.4) is 0 Å². The molecule has 0 unspecified atom stereocenters. The highest BCUT2D eigenvalue weighted by Crippen LogP contribution is 2.22. The van der Waals surface area contributed by atoms with Gasteiger partial charge in [0.1, 0.15) is 5.01 Å². The van der Waals surface area contributed by atoms with Gasteiger partial charge in [0.15, 0.2) is 6.10 Å². The van der Waals surface area contributed by atoms with Crippen molar-refractivity contribution in [3.8, 4) is 0 Å². The van der Waals surface area contributed by atoms with E-state index in [9.17, 15) is 9.90 Å². The van der Waals surface area contributed by atoms with E-state index in [4.69, 9.17) is 11.6 Å². The molecule has 19 heavy (non-hydrogen) atoms. The molecule has 2 N–H and O–H groups in total. The molecule has 0 spiro atoms. The minimum atomic E-state index is -1.27. The zero-order valence-corrected chi connectivity index (χ0v) is 11.8. The number of carbonyl (C=O) groups is 1. The number of nitrogens with zero attached hydrogens (tertiary/aromatic N) is 1. The van der Waals surface area contributed by atoms with Gasteiger partial charge in [-0.2, -0.15) is 0 Å². The molecule has 1 aromatic heterocycles. The van der Waals surface area contributed by atoms with Crippen molar-refractivity contribution < 1.29 is 9.90 Å². The van der Waals surface area contributed by atoms with Crippen LogP contribution in [-0.2, 0) is 11.3 Å². The molecule has 4 nitrogen and oxygen atoms in total. The van der Waals surface area contributed by atoms with Gasteiger partial charge in [0.2, 0.25) is 0 Å². The van der Waals surface area contributed by atoms with E-state index in [0.29, 0.717) is 17.1 Å². The molecule has 6 heteroatoms. The minimum Gasteiger partial charge on any atom is -0.378 e. The Kier molecular flexibility index (Phi) is 4.52. The number of aromatic nitrogens is 1. The van der Waals surface area contributed by atoms with Crippen LogP contribution in [0.4, 0.5) is 0 Å². The molecule has 1 atom stereocenters. The lowest BCUT2D eigenvalue weighted by atomic mass is 10.1. The number of rotatable bonds is 4. The number of thiazole rings is 1. The fraction of sp³-hybridized carbons (Fsp3) is 0.231. The SMILES string of the molecule is Cc1csc(CNC(=O)[C@H](O)c2ccccc2Cl)n1. The molecular formula is C13H13ClN2O2S. The molecule has 0 saturated carbocycles. The van der Waals surface area contributed by atoms with Crippen LogP contribution >= 0.6 is 22.9 Å². The van der Waals surface area contributed by atoms with Crippen molar-refractivity contribution in [2.75, 3.05) is 0 Å². The van der Waals surface area contributed by atoms with E-state index >= 15 is 0 Å². The van der Waals surface area contributed by atoms with Gasteiger partial charge in [-0.05, 0) is 13.0 Å². The molecule has 2 aromatic rings. The maximum atomic E-state index is 11.8. The second kappa shape index (κ2) is 6.14. The second-order valence-corrected chi connectivity index (χ2v) is 5.37. The number of benzene rings is 1. The lowest BCUT2D eigenvalue weighted by molar-refractivity contribution is -0.129. The van der Waals surface area contributed by atoms with Crippen molar-refractivity contribution in [1.29, 1.82) is 0 Å². The van der Waals surface area contributed by atoms with E-state index in [1.807, 2.05) is 12.3 Å². The minimum absolute atomic E-state index is 0.304. The number of aryl methyl sites for hydroxylation is 1. The predicted octanol–water partition coefficient (Wildman–Crippen LogP) is 2.45. The van der Waals surface area contributed by atoms with Crippen LogP contribution < -0.4 is 5.32 Å². The number of nitrogens with one attached hydrogen (secondary N) is 1. The Hall–Kier alpha value is -1.43. The maximum Gasteiger partial charge on any atom is 0.253 e. The highest BCUT2D eigenvalue weighted by Gasteiger charge is 2.19. The molecule has 0 aliphatic heterocycles. The van der Waals surface area contributed by atoms with Gasteiger partial charge in [0.05, 0.1) is 6.54 Å². The van der Waals surface area contributed by atoms with E-state index in [2.05, 4.69) is 10.3 Å². The van der Waals surface area contributed by atoms with Gasteiger partial charge in [-0.15, -0.1) is 11.3 Å². The molecule has 0 bridgehead atoms. The molecule has 0 radical (unpaired) electrons. The molecule has 0 aliphatic rings. The van der Waals surface area contributed by atoms with Crippen molar-refractivity contribution in [2.45, 2.75) is 19.6 Å². The molecule has 100 valence electrons. The highest BCUT2D eigenvalue weighted by atomic mass is 35.5. The second-order valence-electron chi connectivity index (χ2n) is 4.02. The van der Waals surface area contributed by atoms with Crippen LogP contribution in [0, 0.1) is 6.92 Å². The first-order valence-corrected chi connectivity index (χ1v) is 6.95. The topological polar surface area (TPSA) is 62.2 Å². The van der Waals surface area contributed by atoms with Crippen molar-refractivity contribution in [1.82, 2.24) is 10.3 Å². The molecule has 0 saturated heterocycles. The first kappa shape index (κ1) is 14.0. The molecular weight excluding hydrogens is 284 g/mol. The standard InChI is InChI=1S/C13H13ClN2O2S/c1-8-7-19-11(16-8)6-15-13(18)12(17)9-4-2-3-5-10(9)14/h2-5,7,12,17H,6H2,1H3,(H,15,18)/t12-/m1/s1. The third kappa shape index (κ3) is 3.53. The van der Waals surface area contributed by atoms with Crippen LogP contribution in [0.1, 0.15) is 22.4 Å². The monoisotopic (exact) mass is 296 g/mol. The lowest BCUT2D eigenvalue weighted by Crippen LogP contribution is -2.28. The van der Waals surface area contributed by atoms with E-state index < -0.39 is 12.0 Å². The number of aliphatic hydroxyl groups excluding tert-OH is 1. The van der Waals surface area contributed by atoms with Crippen molar-refractivity contribution in [3.05, 3.63) is 50.9 Å². The van der Waals surface area contributed by atoms with Crippen LogP contribution in [0.15, 0.2) is 29.6 Å². The normalized spacial score (nSPS) is 12.2. The van der Waals surface area contributed by atoms with Gasteiger partial charge in [0.25, 0.3) is 5.91 Å². The zero-order chi connectivity index (χ0) is 13.8. The van der Waals surface area contributed by atoms with Crippen molar-refractivity contribution in [3.63, 3.8) is 0 Å². The fourth-order valence-electron chi connectivity index (χ4n) is 1.58. The Morgan fingerprint density at radius 3 is 2.89 bits per heavy atom. The lowest BCUT2D eigenvalue weighted by Gasteiger charge is -2.12. The average Bonchev–Trinajstić information content (AvgIpc) is 2.81. The van der Waals surface area contributed by atoms with Gasteiger partial charge < -0.3 is 10.4 Å². The predicted molar refractivity (Wildman–Crippen MR) is 75.1 cm³/mol. The number of hydrogen-bond acceptors (Lipinski definition) is 4. The largest absolute Gasteiger partial charge is 0.378 e. The summed E-state index contributed by atoms with van der Waals surface area (Å²) in [6.07, 6.45) is -1.27. The summed E-state index contributed by atoms with van der Waals surface area (Å²) in [5, 5.41) is 15.7. The van der Waals surface area contributed by atoms with E-state index in [1.54, 1.807) is 24.3 Å². The Morgan fingerprint density at radius 2 is 2.26 bits per heavy atom. The third-order valence-corrected chi connectivity index (χ3v) is 3.84. The summed E-state index contributed by atoms with van der Waals surface area (Å²) >= 11 is 7.40. The van der Waals surface area contributed by atoms with Crippen LogP contribution in [-0.4, -0.2) is 16.0 Å². The summed E-state index contributed by atoms with van der Waals surface area (Å²) < 4.78 is 0. The first-order valence-electron chi connectivity index (χ1n) is 5.69. The molecule has 0 fully saturated rings. The van der Waals surface area contributed by atoms with Gasteiger partial charge >= 0.3 is 0 Å². The third-order valence-electron chi connectivity index (χ3n) is 2.53. The van der Waals surface area contributed by atoms with E-state index in [0.717, 1.165) is 10.7 Å². The highest BCUT2D eigenvalue weighted by molar-refractivity contribution is 7.09. The number of amides is 1. The number of aliphatic hydroxyl groups is 1. The molecule has 1 heterocycles. The van der Waals surface area contributed by atoms with Crippen LogP contribution in [0.25, 0.3) is 0 Å². The first-order chi connectivity index (χ1) is 9.08. The van der Waals surface area contributed by atoms with Gasteiger partial charge in [-0.1, -0.05) is 29.8 Å². The quantitative estimate of drug-likeness (QED) is 0.911. The van der Waals surface area contributed by atoms with Gasteiger partial charge in [0, 0.05) is 21.7 Å². The molecule has 1 aromatic carbocycles. The van der Waals surface area contributed by atoms with Crippen molar-refractivity contribution in [2.24, 2.45) is 0 Å². The maximum absolute atomic E-state index is 11.8. The number of halogens is 1. The Bertz CT molecular complexity index is 586. The van der Waals surface area contributed by atoms with E-state index in [1.165, 1.54) is 11.3 Å². The zero-order valence-electron chi connectivity index (χ0n) is 10.3. The smallest absolute Gasteiger partial charge is 0.253 e. The summed E-state index contributed by atoms with van der Waals surface area (Å²) in [7, 11) is 0.